The number of aliphatic imine (C=N–C) groups is 1. The normalized spacial score (nSPS) is 18.6. The molecule has 0 bridgehead atoms. The van der Waals surface area contributed by atoms with Gasteiger partial charge in [-0.2, -0.15) is 0 Å². The zero-order chi connectivity index (χ0) is 15.4. The second-order valence-electron chi connectivity index (χ2n) is 6.25. The Hall–Kier alpha value is -1.90. The Kier molecular flexibility index (Phi) is 4.71. The summed E-state index contributed by atoms with van der Waals surface area (Å²) in [6, 6.07) is 2.26. The molecule has 0 radical (unpaired) electrons. The largest absolute Gasteiger partial charge is 0.365 e. The van der Waals surface area contributed by atoms with E-state index >= 15 is 0 Å². The number of nitrogens with zero attached hydrogens (tertiary/aromatic N) is 2. The second kappa shape index (κ2) is 6.91. The van der Waals surface area contributed by atoms with Gasteiger partial charge in [0.15, 0.2) is 0 Å². The third-order valence-corrected chi connectivity index (χ3v) is 4.64. The number of allylic oxidation sites excluding steroid dienone is 3. The first-order valence-electron chi connectivity index (χ1n) is 8.36. The lowest BCUT2D eigenvalue weighted by atomic mass is 9.81. The van der Waals surface area contributed by atoms with E-state index < -0.39 is 0 Å². The lowest BCUT2D eigenvalue weighted by molar-refractivity contribution is 0.409. The molecule has 1 aromatic rings. The van der Waals surface area contributed by atoms with Crippen LogP contribution in [-0.4, -0.2) is 11.2 Å². The molecule has 1 fully saturated rings. The summed E-state index contributed by atoms with van der Waals surface area (Å²) >= 11 is 0. The molecule has 2 heterocycles. The Labute approximate surface area is 133 Å². The molecule has 0 saturated heterocycles. The van der Waals surface area contributed by atoms with Crippen molar-refractivity contribution in [3.63, 3.8) is 0 Å². The molecule has 3 heteroatoms. The molecule has 1 aromatic heterocycles. The van der Waals surface area contributed by atoms with E-state index in [1.165, 1.54) is 47.4 Å². The number of nitrogens with one attached hydrogen (secondary N) is 1. The molecule has 116 valence electrons. The molecule has 1 aliphatic carbocycles. The van der Waals surface area contributed by atoms with Gasteiger partial charge in [-0.3, -0.25) is 9.98 Å². The van der Waals surface area contributed by atoms with Gasteiger partial charge in [0.2, 0.25) is 0 Å². The average Bonchev–Trinajstić information content (AvgIpc) is 2.48. The predicted octanol–water partition coefficient (Wildman–Crippen LogP) is 4.40. The molecule has 0 unspecified atom stereocenters. The highest BCUT2D eigenvalue weighted by molar-refractivity contribution is 5.80. The van der Waals surface area contributed by atoms with Gasteiger partial charge in [0.1, 0.15) is 0 Å². The summed E-state index contributed by atoms with van der Waals surface area (Å²) in [6.07, 6.45) is 14.1. The third-order valence-electron chi connectivity index (χ3n) is 4.64. The van der Waals surface area contributed by atoms with Gasteiger partial charge in [0, 0.05) is 29.7 Å². The third kappa shape index (κ3) is 3.29. The van der Waals surface area contributed by atoms with Crippen LogP contribution in [0, 0.1) is 6.92 Å². The van der Waals surface area contributed by atoms with Crippen molar-refractivity contribution in [3.8, 4) is 0 Å². The lowest BCUT2D eigenvalue weighted by Gasteiger charge is -2.26. The van der Waals surface area contributed by atoms with Crippen LogP contribution in [0.2, 0.25) is 0 Å². The van der Waals surface area contributed by atoms with Crippen molar-refractivity contribution in [1.29, 1.82) is 0 Å². The van der Waals surface area contributed by atoms with E-state index in [1.54, 1.807) is 0 Å². The Bertz CT molecular complexity index is 622. The number of hydrogen-bond donors (Lipinski definition) is 1. The van der Waals surface area contributed by atoms with E-state index in [2.05, 4.69) is 41.3 Å². The van der Waals surface area contributed by atoms with E-state index in [9.17, 15) is 0 Å². The van der Waals surface area contributed by atoms with Crippen molar-refractivity contribution in [2.24, 2.45) is 4.99 Å². The summed E-state index contributed by atoms with van der Waals surface area (Å²) in [5, 5.41) is 3.30. The van der Waals surface area contributed by atoms with E-state index in [1.807, 2.05) is 18.6 Å². The summed E-state index contributed by atoms with van der Waals surface area (Å²) < 4.78 is 0. The monoisotopic (exact) mass is 295 g/mol. The van der Waals surface area contributed by atoms with Crippen molar-refractivity contribution in [3.05, 3.63) is 52.6 Å². The number of rotatable bonds is 5. The number of hydrogen-bond acceptors (Lipinski definition) is 3. The fourth-order valence-electron chi connectivity index (χ4n) is 3.12. The topological polar surface area (TPSA) is 37.3 Å². The smallest absolute Gasteiger partial charge is 0.0654 e. The van der Waals surface area contributed by atoms with Gasteiger partial charge < -0.3 is 5.32 Å². The summed E-state index contributed by atoms with van der Waals surface area (Å²) in [5.41, 5.74) is 6.40. The Balaban J connectivity index is 1.65. The van der Waals surface area contributed by atoms with Gasteiger partial charge in [0.25, 0.3) is 0 Å². The van der Waals surface area contributed by atoms with Gasteiger partial charge in [-0.25, -0.2) is 0 Å². The SMILES string of the molecule is CCC1=C(C=NCc2cnc(C3CCC3)c(C)c2)CC=CN1. The van der Waals surface area contributed by atoms with Crippen LogP contribution in [0.4, 0.5) is 0 Å². The maximum Gasteiger partial charge on any atom is 0.0654 e. The fraction of sp³-hybridized carbons (Fsp3) is 0.474. The maximum absolute atomic E-state index is 4.69. The lowest BCUT2D eigenvalue weighted by Crippen LogP contribution is -2.12. The predicted molar refractivity (Wildman–Crippen MR) is 92.0 cm³/mol. The van der Waals surface area contributed by atoms with Gasteiger partial charge in [-0.05, 0) is 55.5 Å². The molecule has 2 aliphatic rings. The van der Waals surface area contributed by atoms with Crippen LogP contribution < -0.4 is 5.32 Å². The highest BCUT2D eigenvalue weighted by Gasteiger charge is 2.22. The molecule has 0 atom stereocenters. The molecule has 0 amide bonds. The Morgan fingerprint density at radius 3 is 2.95 bits per heavy atom. The van der Waals surface area contributed by atoms with Crippen LogP contribution in [0.15, 0.2) is 40.8 Å². The first-order valence-corrected chi connectivity index (χ1v) is 8.36. The first-order chi connectivity index (χ1) is 10.8. The Morgan fingerprint density at radius 2 is 2.27 bits per heavy atom. The molecular formula is C19H25N3. The van der Waals surface area contributed by atoms with E-state index in [-0.39, 0.29) is 0 Å². The zero-order valence-electron chi connectivity index (χ0n) is 13.6. The molecule has 3 rings (SSSR count). The standard InChI is InChI=1S/C19H25N3/c1-3-18-17(8-5-9-21-18)13-20-11-15-10-14(2)19(22-12-15)16-6-4-7-16/h5,9-10,12-13,16,21H,3-4,6-8,11H2,1-2H3. The van der Waals surface area contributed by atoms with Crippen LogP contribution in [-0.2, 0) is 6.54 Å². The number of aromatic nitrogens is 1. The van der Waals surface area contributed by atoms with Crippen LogP contribution >= 0.6 is 0 Å². The molecule has 0 aromatic carbocycles. The second-order valence-corrected chi connectivity index (χ2v) is 6.25. The number of pyridine rings is 1. The van der Waals surface area contributed by atoms with Crippen LogP contribution in [0.5, 0.6) is 0 Å². The molecule has 1 saturated carbocycles. The van der Waals surface area contributed by atoms with Crippen molar-refractivity contribution in [2.45, 2.75) is 58.4 Å². The molecule has 22 heavy (non-hydrogen) atoms. The van der Waals surface area contributed by atoms with Gasteiger partial charge in [-0.15, -0.1) is 0 Å². The Morgan fingerprint density at radius 1 is 1.41 bits per heavy atom. The number of aryl methyl sites for hydroxylation is 1. The first kappa shape index (κ1) is 15.0. The zero-order valence-corrected chi connectivity index (χ0v) is 13.6. The maximum atomic E-state index is 4.69. The van der Waals surface area contributed by atoms with Gasteiger partial charge >= 0.3 is 0 Å². The van der Waals surface area contributed by atoms with Crippen molar-refractivity contribution in [1.82, 2.24) is 10.3 Å². The number of dihydropyridines is 1. The summed E-state index contributed by atoms with van der Waals surface area (Å²) in [4.78, 5) is 9.30. The van der Waals surface area contributed by atoms with Crippen LogP contribution in [0.3, 0.4) is 0 Å². The molecule has 1 aliphatic heterocycles. The molecule has 0 spiro atoms. The van der Waals surface area contributed by atoms with Crippen LogP contribution in [0.25, 0.3) is 0 Å². The minimum Gasteiger partial charge on any atom is -0.365 e. The highest BCUT2D eigenvalue weighted by atomic mass is 14.9. The summed E-state index contributed by atoms with van der Waals surface area (Å²) in [6.45, 7) is 5.06. The minimum absolute atomic E-state index is 0.704. The minimum atomic E-state index is 0.704. The van der Waals surface area contributed by atoms with Crippen molar-refractivity contribution >= 4 is 6.21 Å². The van der Waals surface area contributed by atoms with Crippen molar-refractivity contribution in [2.75, 3.05) is 0 Å². The van der Waals surface area contributed by atoms with Crippen LogP contribution in [0.1, 0.15) is 61.8 Å². The van der Waals surface area contributed by atoms with E-state index in [0.29, 0.717) is 12.5 Å². The molecule has 1 N–H and O–H groups in total. The summed E-state index contributed by atoms with van der Waals surface area (Å²) in [5.74, 6) is 0.704. The average molecular weight is 295 g/mol. The van der Waals surface area contributed by atoms with Gasteiger partial charge in [0.05, 0.1) is 6.54 Å². The molecular weight excluding hydrogens is 270 g/mol. The van der Waals surface area contributed by atoms with E-state index in [0.717, 1.165) is 12.8 Å². The highest BCUT2D eigenvalue weighted by Crippen LogP contribution is 2.36. The van der Waals surface area contributed by atoms with Crippen molar-refractivity contribution < 1.29 is 0 Å². The van der Waals surface area contributed by atoms with E-state index in [4.69, 9.17) is 0 Å². The summed E-state index contributed by atoms with van der Waals surface area (Å²) in [7, 11) is 0. The fourth-order valence-corrected chi connectivity index (χ4v) is 3.12. The van der Waals surface area contributed by atoms with Gasteiger partial charge in [-0.1, -0.05) is 25.5 Å². The molecule has 3 nitrogen and oxygen atoms in total. The quantitative estimate of drug-likeness (QED) is 0.817.